The summed E-state index contributed by atoms with van der Waals surface area (Å²) in [5.41, 5.74) is 10.1. The number of halogens is 2. The standard InChI is InChI=1S/C21H21Cl2N3O/c1-13-7-16(11-26(13)10-14-5-6-14)15-8-20(21(24)25-9-15)27-12-17-18(22)3-2-4-19(17)23/h2-4,7-9,11,14H,5-6,10,12H2,1H3,(H2,24,25). The minimum atomic E-state index is 0.232. The molecule has 2 heterocycles. The Morgan fingerprint density at radius 2 is 1.93 bits per heavy atom. The second-order valence-corrected chi connectivity index (χ2v) is 7.88. The van der Waals surface area contributed by atoms with E-state index < -0.39 is 0 Å². The first-order valence-electron chi connectivity index (χ1n) is 8.99. The van der Waals surface area contributed by atoms with Gasteiger partial charge in [0, 0.05) is 51.4 Å². The van der Waals surface area contributed by atoms with Crippen LogP contribution < -0.4 is 10.5 Å². The Balaban J connectivity index is 1.56. The van der Waals surface area contributed by atoms with E-state index in [2.05, 4.69) is 28.7 Å². The Hall–Kier alpha value is -2.17. The third kappa shape index (κ3) is 4.07. The van der Waals surface area contributed by atoms with Crippen LogP contribution in [0.3, 0.4) is 0 Å². The van der Waals surface area contributed by atoms with Crippen LogP contribution in [0.2, 0.25) is 10.0 Å². The predicted octanol–water partition coefficient (Wildman–Crippen LogP) is 5.74. The molecule has 1 aromatic carbocycles. The first-order valence-corrected chi connectivity index (χ1v) is 9.75. The molecule has 2 aromatic heterocycles. The van der Waals surface area contributed by atoms with Gasteiger partial charge in [-0.25, -0.2) is 4.98 Å². The predicted molar refractivity (Wildman–Crippen MR) is 110 cm³/mol. The molecule has 0 saturated heterocycles. The van der Waals surface area contributed by atoms with Crippen molar-refractivity contribution in [3.8, 4) is 16.9 Å². The maximum absolute atomic E-state index is 6.22. The maximum atomic E-state index is 6.22. The molecule has 0 unspecified atom stereocenters. The summed E-state index contributed by atoms with van der Waals surface area (Å²) in [6.45, 7) is 3.45. The fourth-order valence-electron chi connectivity index (χ4n) is 3.10. The summed E-state index contributed by atoms with van der Waals surface area (Å²) in [4.78, 5) is 4.30. The highest BCUT2D eigenvalue weighted by molar-refractivity contribution is 6.35. The molecule has 4 nitrogen and oxygen atoms in total. The number of hydrogen-bond acceptors (Lipinski definition) is 3. The van der Waals surface area contributed by atoms with E-state index in [0.717, 1.165) is 29.2 Å². The number of pyridine rings is 1. The van der Waals surface area contributed by atoms with Crippen molar-refractivity contribution in [2.24, 2.45) is 5.92 Å². The van der Waals surface area contributed by atoms with E-state index in [1.165, 1.54) is 18.5 Å². The van der Waals surface area contributed by atoms with Gasteiger partial charge in [0.05, 0.1) is 0 Å². The summed E-state index contributed by atoms with van der Waals surface area (Å²) in [5.74, 6) is 1.69. The summed E-state index contributed by atoms with van der Waals surface area (Å²) in [6, 6.07) is 9.47. The van der Waals surface area contributed by atoms with Crippen LogP contribution >= 0.6 is 23.2 Å². The molecule has 0 amide bonds. The Labute approximate surface area is 168 Å². The van der Waals surface area contributed by atoms with Crippen LogP contribution in [0.4, 0.5) is 5.82 Å². The number of hydrogen-bond donors (Lipinski definition) is 1. The highest BCUT2D eigenvalue weighted by Gasteiger charge is 2.22. The van der Waals surface area contributed by atoms with Crippen molar-refractivity contribution in [2.75, 3.05) is 5.73 Å². The fraction of sp³-hybridized carbons (Fsp3) is 0.286. The van der Waals surface area contributed by atoms with E-state index in [0.29, 0.717) is 21.6 Å². The van der Waals surface area contributed by atoms with Crippen LogP contribution in [0.15, 0.2) is 42.7 Å². The molecule has 0 spiro atoms. The summed E-state index contributed by atoms with van der Waals surface area (Å²) in [6.07, 6.45) is 6.62. The van der Waals surface area contributed by atoms with Gasteiger partial charge in [-0.2, -0.15) is 0 Å². The minimum absolute atomic E-state index is 0.232. The molecule has 4 rings (SSSR count). The van der Waals surface area contributed by atoms with Gasteiger partial charge in [0.25, 0.3) is 0 Å². The van der Waals surface area contributed by atoms with Crippen molar-refractivity contribution < 1.29 is 4.74 Å². The van der Waals surface area contributed by atoms with E-state index in [4.69, 9.17) is 33.7 Å². The molecule has 6 heteroatoms. The van der Waals surface area contributed by atoms with E-state index in [-0.39, 0.29) is 6.61 Å². The van der Waals surface area contributed by atoms with Gasteiger partial charge >= 0.3 is 0 Å². The number of rotatable bonds is 6. The highest BCUT2D eigenvalue weighted by atomic mass is 35.5. The van der Waals surface area contributed by atoms with Gasteiger partial charge in [-0.1, -0.05) is 29.3 Å². The summed E-state index contributed by atoms with van der Waals surface area (Å²) in [7, 11) is 0. The fourth-order valence-corrected chi connectivity index (χ4v) is 3.60. The average Bonchev–Trinajstić information content (AvgIpc) is 3.38. The largest absolute Gasteiger partial charge is 0.485 e. The molecule has 2 N–H and O–H groups in total. The lowest BCUT2D eigenvalue weighted by molar-refractivity contribution is 0.307. The number of ether oxygens (including phenoxy) is 1. The molecule has 0 radical (unpaired) electrons. The van der Waals surface area contributed by atoms with Crippen molar-refractivity contribution in [2.45, 2.75) is 32.9 Å². The van der Waals surface area contributed by atoms with Crippen LogP contribution in [0.5, 0.6) is 5.75 Å². The highest BCUT2D eigenvalue weighted by Crippen LogP contribution is 2.34. The number of benzene rings is 1. The molecule has 0 bridgehead atoms. The number of nitrogens with two attached hydrogens (primary N) is 1. The topological polar surface area (TPSA) is 53.1 Å². The molecule has 1 fully saturated rings. The van der Waals surface area contributed by atoms with E-state index in [1.807, 2.05) is 6.07 Å². The minimum Gasteiger partial charge on any atom is -0.485 e. The molecule has 1 aliphatic rings. The van der Waals surface area contributed by atoms with Crippen molar-refractivity contribution in [1.82, 2.24) is 9.55 Å². The zero-order chi connectivity index (χ0) is 19.0. The summed E-state index contributed by atoms with van der Waals surface area (Å²) in [5, 5.41) is 1.14. The Morgan fingerprint density at radius 3 is 2.63 bits per heavy atom. The maximum Gasteiger partial charge on any atom is 0.166 e. The molecule has 1 saturated carbocycles. The molecule has 0 atom stereocenters. The van der Waals surface area contributed by atoms with E-state index in [1.54, 1.807) is 24.4 Å². The third-order valence-electron chi connectivity index (χ3n) is 4.91. The van der Waals surface area contributed by atoms with Gasteiger partial charge in [-0.05, 0) is 49.9 Å². The molecule has 140 valence electrons. The van der Waals surface area contributed by atoms with Crippen LogP contribution in [-0.2, 0) is 13.2 Å². The van der Waals surface area contributed by atoms with E-state index in [9.17, 15) is 0 Å². The molecule has 1 aliphatic carbocycles. The lowest BCUT2D eigenvalue weighted by atomic mass is 10.1. The van der Waals surface area contributed by atoms with Crippen LogP contribution in [0.25, 0.3) is 11.1 Å². The monoisotopic (exact) mass is 401 g/mol. The summed E-state index contributed by atoms with van der Waals surface area (Å²) < 4.78 is 8.21. The molecule has 0 aliphatic heterocycles. The Bertz CT molecular complexity index is 959. The van der Waals surface area contributed by atoms with E-state index >= 15 is 0 Å². The molecular formula is C21H21Cl2N3O. The van der Waals surface area contributed by atoms with Crippen molar-refractivity contribution in [3.63, 3.8) is 0 Å². The zero-order valence-electron chi connectivity index (χ0n) is 15.1. The summed E-state index contributed by atoms with van der Waals surface area (Å²) >= 11 is 12.4. The van der Waals surface area contributed by atoms with Gasteiger partial charge in [-0.3, -0.25) is 0 Å². The number of aromatic nitrogens is 2. The lowest BCUT2D eigenvalue weighted by Gasteiger charge is -2.12. The average molecular weight is 402 g/mol. The van der Waals surface area contributed by atoms with Crippen molar-refractivity contribution in [3.05, 3.63) is 64.0 Å². The number of aryl methyl sites for hydroxylation is 1. The SMILES string of the molecule is Cc1cc(-c2cnc(N)c(OCc3c(Cl)cccc3Cl)c2)cn1CC1CC1. The van der Waals surface area contributed by atoms with Crippen molar-refractivity contribution in [1.29, 1.82) is 0 Å². The second kappa shape index (κ2) is 7.45. The smallest absolute Gasteiger partial charge is 0.166 e. The normalized spacial score (nSPS) is 13.7. The van der Waals surface area contributed by atoms with Gasteiger partial charge < -0.3 is 15.0 Å². The van der Waals surface area contributed by atoms with Crippen LogP contribution in [0, 0.1) is 12.8 Å². The third-order valence-corrected chi connectivity index (χ3v) is 5.62. The molecule has 3 aromatic rings. The quantitative estimate of drug-likeness (QED) is 0.572. The Kier molecular flexibility index (Phi) is 5.02. The van der Waals surface area contributed by atoms with Crippen LogP contribution in [0.1, 0.15) is 24.1 Å². The van der Waals surface area contributed by atoms with Gasteiger partial charge in [0.1, 0.15) is 6.61 Å². The van der Waals surface area contributed by atoms with Gasteiger partial charge in [0.2, 0.25) is 0 Å². The van der Waals surface area contributed by atoms with Crippen molar-refractivity contribution >= 4 is 29.0 Å². The number of nitrogen functional groups attached to an aromatic ring is 1. The zero-order valence-corrected chi connectivity index (χ0v) is 16.6. The van der Waals surface area contributed by atoms with Crippen LogP contribution in [-0.4, -0.2) is 9.55 Å². The van der Waals surface area contributed by atoms with Gasteiger partial charge in [0.15, 0.2) is 11.6 Å². The Morgan fingerprint density at radius 1 is 1.19 bits per heavy atom. The van der Waals surface area contributed by atoms with Gasteiger partial charge in [-0.15, -0.1) is 0 Å². The molecule has 27 heavy (non-hydrogen) atoms. The second-order valence-electron chi connectivity index (χ2n) is 7.06. The molecular weight excluding hydrogens is 381 g/mol. The number of anilines is 1. The first kappa shape index (κ1) is 18.2. The lowest BCUT2D eigenvalue weighted by Crippen LogP contribution is -2.02. The number of nitrogens with zero attached hydrogens (tertiary/aromatic N) is 2. The first-order chi connectivity index (χ1) is 13.0.